The minimum absolute atomic E-state index is 0. The van der Waals surface area contributed by atoms with E-state index in [1.807, 2.05) is 0 Å². The first-order valence-electron chi connectivity index (χ1n) is 5.61. The lowest BCUT2D eigenvalue weighted by Crippen LogP contribution is -2.45. The third-order valence-corrected chi connectivity index (χ3v) is 2.42. The fourth-order valence-corrected chi connectivity index (χ4v) is 1.69. The SMILES string of the molecule is COC(=O)C1CNCC1NC(=O)OC(C)(C)C.Cl. The van der Waals surface area contributed by atoms with Gasteiger partial charge in [0.05, 0.1) is 19.1 Å². The third kappa shape index (κ3) is 5.10. The maximum absolute atomic E-state index is 11.6. The van der Waals surface area contributed by atoms with Gasteiger partial charge in [-0.1, -0.05) is 0 Å². The number of esters is 1. The lowest BCUT2D eigenvalue weighted by atomic mass is 10.0. The molecule has 0 saturated carbocycles. The summed E-state index contributed by atoms with van der Waals surface area (Å²) in [6, 6.07) is -0.280. The monoisotopic (exact) mass is 280 g/mol. The van der Waals surface area contributed by atoms with E-state index in [9.17, 15) is 9.59 Å². The Morgan fingerprint density at radius 3 is 2.39 bits per heavy atom. The van der Waals surface area contributed by atoms with Crippen LogP contribution in [0.3, 0.4) is 0 Å². The molecule has 0 aliphatic carbocycles. The molecule has 106 valence electrons. The predicted octanol–water partition coefficient (Wildman–Crippen LogP) is 0.694. The van der Waals surface area contributed by atoms with Crippen LogP contribution >= 0.6 is 12.4 Å². The van der Waals surface area contributed by atoms with Gasteiger partial charge in [0, 0.05) is 13.1 Å². The van der Waals surface area contributed by atoms with Gasteiger partial charge in [0.15, 0.2) is 0 Å². The Kier molecular flexibility index (Phi) is 6.42. The molecule has 0 spiro atoms. The molecular formula is C11H21ClN2O4. The Morgan fingerprint density at radius 1 is 1.28 bits per heavy atom. The van der Waals surface area contributed by atoms with Gasteiger partial charge in [-0.05, 0) is 20.8 Å². The van der Waals surface area contributed by atoms with E-state index in [0.717, 1.165) is 0 Å². The molecule has 1 aliphatic rings. The summed E-state index contributed by atoms with van der Waals surface area (Å²) in [7, 11) is 1.34. The summed E-state index contributed by atoms with van der Waals surface area (Å²) in [6.45, 7) is 6.41. The van der Waals surface area contributed by atoms with Gasteiger partial charge in [0.25, 0.3) is 0 Å². The van der Waals surface area contributed by atoms with Crippen molar-refractivity contribution in [2.24, 2.45) is 5.92 Å². The third-order valence-electron chi connectivity index (χ3n) is 2.42. The van der Waals surface area contributed by atoms with Crippen molar-refractivity contribution in [3.63, 3.8) is 0 Å². The van der Waals surface area contributed by atoms with Crippen LogP contribution in [-0.4, -0.2) is 43.9 Å². The van der Waals surface area contributed by atoms with Crippen molar-refractivity contribution in [2.75, 3.05) is 20.2 Å². The fourth-order valence-electron chi connectivity index (χ4n) is 1.69. The molecule has 1 heterocycles. The number of carbonyl (C=O) groups is 2. The number of hydrogen-bond donors (Lipinski definition) is 2. The van der Waals surface area contributed by atoms with E-state index in [1.165, 1.54) is 7.11 Å². The van der Waals surface area contributed by atoms with E-state index in [1.54, 1.807) is 20.8 Å². The second kappa shape index (κ2) is 6.80. The van der Waals surface area contributed by atoms with Gasteiger partial charge >= 0.3 is 12.1 Å². The molecule has 7 heteroatoms. The van der Waals surface area contributed by atoms with Crippen LogP contribution in [-0.2, 0) is 14.3 Å². The Balaban J connectivity index is 0.00000289. The summed E-state index contributed by atoms with van der Waals surface area (Å²) in [4.78, 5) is 23.0. The molecule has 0 aromatic rings. The number of methoxy groups -OCH3 is 1. The van der Waals surface area contributed by atoms with E-state index >= 15 is 0 Å². The highest BCUT2D eigenvalue weighted by atomic mass is 35.5. The summed E-state index contributed by atoms with van der Waals surface area (Å²) in [5.74, 6) is -0.677. The summed E-state index contributed by atoms with van der Waals surface area (Å²) >= 11 is 0. The van der Waals surface area contributed by atoms with E-state index in [-0.39, 0.29) is 30.3 Å². The Labute approximate surface area is 113 Å². The summed E-state index contributed by atoms with van der Waals surface area (Å²) in [6.07, 6.45) is -0.514. The zero-order valence-electron chi connectivity index (χ0n) is 11.1. The highest BCUT2D eigenvalue weighted by Crippen LogP contribution is 2.12. The molecule has 0 aromatic carbocycles. The van der Waals surface area contributed by atoms with E-state index < -0.39 is 11.7 Å². The van der Waals surface area contributed by atoms with Gasteiger partial charge < -0.3 is 20.1 Å². The second-order valence-corrected chi connectivity index (χ2v) is 5.04. The number of nitrogens with one attached hydrogen (secondary N) is 2. The van der Waals surface area contributed by atoms with Crippen LogP contribution in [0.4, 0.5) is 4.79 Å². The molecule has 2 atom stereocenters. The van der Waals surface area contributed by atoms with Crippen molar-refractivity contribution in [3.8, 4) is 0 Å². The topological polar surface area (TPSA) is 76.7 Å². The fraction of sp³-hybridized carbons (Fsp3) is 0.818. The first-order chi connectivity index (χ1) is 7.83. The number of halogens is 1. The number of ether oxygens (including phenoxy) is 2. The molecule has 0 radical (unpaired) electrons. The van der Waals surface area contributed by atoms with Crippen molar-refractivity contribution >= 4 is 24.5 Å². The van der Waals surface area contributed by atoms with Crippen molar-refractivity contribution < 1.29 is 19.1 Å². The van der Waals surface area contributed by atoms with Crippen LogP contribution in [0.5, 0.6) is 0 Å². The molecule has 0 bridgehead atoms. The van der Waals surface area contributed by atoms with Gasteiger partial charge in [-0.2, -0.15) is 0 Å². The number of alkyl carbamates (subject to hydrolysis) is 1. The van der Waals surface area contributed by atoms with Gasteiger partial charge in [0.2, 0.25) is 0 Å². The van der Waals surface area contributed by atoms with Crippen molar-refractivity contribution in [1.82, 2.24) is 10.6 Å². The molecule has 1 fully saturated rings. The number of amides is 1. The van der Waals surface area contributed by atoms with Crippen molar-refractivity contribution in [1.29, 1.82) is 0 Å². The molecule has 1 saturated heterocycles. The standard InChI is InChI=1S/C11H20N2O4.ClH/c1-11(2,3)17-10(15)13-8-6-12-5-7(8)9(14)16-4;/h7-8,12H,5-6H2,1-4H3,(H,13,15);1H. The minimum atomic E-state index is -0.545. The normalized spacial score (nSPS) is 22.9. The van der Waals surface area contributed by atoms with Gasteiger partial charge in [-0.15, -0.1) is 12.4 Å². The number of hydrogen-bond acceptors (Lipinski definition) is 5. The smallest absolute Gasteiger partial charge is 0.407 e. The largest absolute Gasteiger partial charge is 0.469 e. The van der Waals surface area contributed by atoms with E-state index in [0.29, 0.717) is 13.1 Å². The van der Waals surface area contributed by atoms with Crippen LogP contribution in [0.15, 0.2) is 0 Å². The van der Waals surface area contributed by atoms with Crippen molar-refractivity contribution in [2.45, 2.75) is 32.4 Å². The van der Waals surface area contributed by atoms with Crippen LogP contribution < -0.4 is 10.6 Å². The van der Waals surface area contributed by atoms with Crippen molar-refractivity contribution in [3.05, 3.63) is 0 Å². The Morgan fingerprint density at radius 2 is 1.89 bits per heavy atom. The van der Waals surface area contributed by atoms with Crippen LogP contribution in [0, 0.1) is 5.92 Å². The van der Waals surface area contributed by atoms with Gasteiger partial charge in [-0.25, -0.2) is 4.79 Å². The van der Waals surface area contributed by atoms with Crippen LogP contribution in [0.2, 0.25) is 0 Å². The number of rotatable bonds is 2. The maximum atomic E-state index is 11.6. The maximum Gasteiger partial charge on any atom is 0.407 e. The van der Waals surface area contributed by atoms with Gasteiger partial charge in [0.1, 0.15) is 5.60 Å². The first kappa shape index (κ1) is 17.0. The lowest BCUT2D eigenvalue weighted by Gasteiger charge is -2.23. The molecule has 1 rings (SSSR count). The van der Waals surface area contributed by atoms with Crippen LogP contribution in [0.25, 0.3) is 0 Å². The Hall–Kier alpha value is -1.01. The summed E-state index contributed by atoms with van der Waals surface area (Å²) < 4.78 is 9.81. The van der Waals surface area contributed by atoms with Crippen LogP contribution in [0.1, 0.15) is 20.8 Å². The molecule has 2 N–H and O–H groups in total. The first-order valence-corrected chi connectivity index (χ1v) is 5.61. The average molecular weight is 281 g/mol. The molecule has 6 nitrogen and oxygen atoms in total. The quantitative estimate of drug-likeness (QED) is 0.728. The summed E-state index contributed by atoms with van der Waals surface area (Å²) in [5.41, 5.74) is -0.545. The van der Waals surface area contributed by atoms with E-state index in [2.05, 4.69) is 15.4 Å². The van der Waals surface area contributed by atoms with Gasteiger partial charge in [-0.3, -0.25) is 4.79 Å². The predicted molar refractivity (Wildman–Crippen MR) is 68.8 cm³/mol. The molecule has 0 aromatic heterocycles. The molecule has 1 amide bonds. The number of carbonyl (C=O) groups excluding carboxylic acids is 2. The molecule has 1 aliphatic heterocycles. The van der Waals surface area contributed by atoms with E-state index in [4.69, 9.17) is 4.74 Å². The average Bonchev–Trinajstić information content (AvgIpc) is 2.61. The molecule has 2 unspecified atom stereocenters. The lowest BCUT2D eigenvalue weighted by molar-refractivity contribution is -0.145. The zero-order valence-corrected chi connectivity index (χ0v) is 11.9. The zero-order chi connectivity index (χ0) is 13.1. The molecular weight excluding hydrogens is 260 g/mol. The summed E-state index contributed by atoms with van der Waals surface area (Å²) in [5, 5.41) is 5.71. The highest BCUT2D eigenvalue weighted by molar-refractivity contribution is 5.85. The molecule has 18 heavy (non-hydrogen) atoms. The highest BCUT2D eigenvalue weighted by Gasteiger charge is 2.35. The Bertz CT molecular complexity index is 304. The minimum Gasteiger partial charge on any atom is -0.469 e. The second-order valence-electron chi connectivity index (χ2n) is 5.04.